The van der Waals surface area contributed by atoms with Gasteiger partial charge in [-0.3, -0.25) is 0 Å². The van der Waals surface area contributed by atoms with Gasteiger partial charge in [0, 0.05) is 6.92 Å². The Kier molecular flexibility index (Phi) is 2.22. The lowest BCUT2D eigenvalue weighted by Gasteiger charge is -2.06. The first-order valence-electron chi connectivity index (χ1n) is 4.36. The first-order valence-corrected chi connectivity index (χ1v) is 4.36. The van der Waals surface area contributed by atoms with Crippen molar-refractivity contribution < 1.29 is 17.6 Å². The van der Waals surface area contributed by atoms with Crippen LogP contribution in [0, 0.1) is 6.92 Å². The van der Waals surface area contributed by atoms with Crippen LogP contribution in [0.25, 0.3) is 10.9 Å². The molecule has 2 aromatic rings. The fourth-order valence-electron chi connectivity index (χ4n) is 1.35. The normalized spacial score (nSPS) is 12.0. The van der Waals surface area contributed by atoms with Gasteiger partial charge in [-0.2, -0.15) is 13.2 Å². The van der Waals surface area contributed by atoms with Gasteiger partial charge in [-0.1, -0.05) is 0 Å². The molecule has 6 heteroatoms. The third kappa shape index (κ3) is 1.78. The molecule has 2 rings (SSSR count). The highest BCUT2D eigenvalue weighted by Crippen LogP contribution is 2.30. The lowest BCUT2D eigenvalue weighted by molar-refractivity contribution is -0.137. The van der Waals surface area contributed by atoms with Crippen molar-refractivity contribution in [2.45, 2.75) is 13.1 Å². The summed E-state index contributed by atoms with van der Waals surface area (Å²) in [7, 11) is 0. The summed E-state index contributed by atoms with van der Waals surface area (Å²) in [6, 6.07) is 2.73. The summed E-state index contributed by atoms with van der Waals surface area (Å²) in [5, 5.41) is 0.0404. The highest BCUT2D eigenvalue weighted by Gasteiger charge is 2.30. The Hall–Kier alpha value is -1.85. The van der Waals surface area contributed by atoms with E-state index >= 15 is 0 Å². The van der Waals surface area contributed by atoms with Crippen molar-refractivity contribution in [1.82, 2.24) is 4.98 Å². The van der Waals surface area contributed by atoms with Crippen LogP contribution in [0.4, 0.5) is 13.2 Å². The second-order valence-electron chi connectivity index (χ2n) is 3.25. The van der Waals surface area contributed by atoms with Crippen molar-refractivity contribution >= 4 is 10.9 Å². The van der Waals surface area contributed by atoms with Gasteiger partial charge < -0.3 is 4.42 Å². The molecular weight excluding hydrogens is 223 g/mol. The third-order valence-corrected chi connectivity index (χ3v) is 2.06. The second kappa shape index (κ2) is 3.33. The van der Waals surface area contributed by atoms with Crippen LogP contribution in [0.2, 0.25) is 0 Å². The molecule has 0 bridgehead atoms. The maximum absolute atomic E-state index is 12.4. The van der Waals surface area contributed by atoms with E-state index in [1.54, 1.807) is 0 Å². The average molecular weight is 229 g/mol. The van der Waals surface area contributed by atoms with Crippen molar-refractivity contribution in [3.63, 3.8) is 0 Å². The fourth-order valence-corrected chi connectivity index (χ4v) is 1.35. The first-order chi connectivity index (χ1) is 7.38. The molecule has 0 amide bonds. The Morgan fingerprint density at radius 3 is 2.62 bits per heavy atom. The maximum Gasteiger partial charge on any atom is 0.416 e. The minimum atomic E-state index is -4.44. The van der Waals surface area contributed by atoms with Gasteiger partial charge in [0.2, 0.25) is 0 Å². The number of alkyl halides is 3. The summed E-state index contributed by atoms with van der Waals surface area (Å²) >= 11 is 0. The van der Waals surface area contributed by atoms with Crippen LogP contribution in [0.1, 0.15) is 11.5 Å². The highest BCUT2D eigenvalue weighted by atomic mass is 19.4. The third-order valence-electron chi connectivity index (χ3n) is 2.06. The number of fused-ring (bicyclic) bond motifs is 1. The van der Waals surface area contributed by atoms with E-state index in [4.69, 9.17) is 0 Å². The van der Waals surface area contributed by atoms with Gasteiger partial charge in [0.25, 0.3) is 0 Å². The summed E-state index contributed by atoms with van der Waals surface area (Å²) in [6.07, 6.45) is -4.44. The number of aromatic nitrogens is 1. The molecule has 1 aromatic heterocycles. The van der Waals surface area contributed by atoms with Crippen molar-refractivity contribution in [3.8, 4) is 0 Å². The van der Waals surface area contributed by atoms with Crippen LogP contribution in [-0.4, -0.2) is 4.98 Å². The summed E-state index contributed by atoms with van der Waals surface area (Å²) in [4.78, 5) is 15.0. The van der Waals surface area contributed by atoms with Crippen LogP contribution >= 0.6 is 0 Å². The van der Waals surface area contributed by atoms with Gasteiger partial charge in [-0.05, 0) is 18.2 Å². The highest BCUT2D eigenvalue weighted by molar-refractivity contribution is 5.77. The number of nitrogens with zero attached hydrogens (tertiary/aromatic N) is 1. The van der Waals surface area contributed by atoms with Crippen LogP contribution in [0.3, 0.4) is 0 Å². The van der Waals surface area contributed by atoms with E-state index in [9.17, 15) is 18.0 Å². The van der Waals surface area contributed by atoms with Gasteiger partial charge >= 0.3 is 11.8 Å². The smallest absolute Gasteiger partial charge is 0.408 e. The number of hydrogen-bond acceptors (Lipinski definition) is 3. The van der Waals surface area contributed by atoms with E-state index in [1.165, 1.54) is 6.92 Å². The molecule has 0 N–H and O–H groups in total. The molecule has 3 nitrogen and oxygen atoms in total. The van der Waals surface area contributed by atoms with E-state index in [1.807, 2.05) is 0 Å². The molecule has 0 spiro atoms. The van der Waals surface area contributed by atoms with E-state index in [0.717, 1.165) is 18.2 Å². The Balaban J connectivity index is 2.76. The molecule has 0 fully saturated rings. The van der Waals surface area contributed by atoms with E-state index in [-0.39, 0.29) is 16.8 Å². The Bertz CT molecular complexity index is 601. The molecule has 0 atom stereocenters. The van der Waals surface area contributed by atoms with Gasteiger partial charge in [0.05, 0.1) is 16.5 Å². The van der Waals surface area contributed by atoms with E-state index in [0.29, 0.717) is 0 Å². The zero-order chi connectivity index (χ0) is 11.9. The van der Waals surface area contributed by atoms with Crippen molar-refractivity contribution in [3.05, 3.63) is 40.1 Å². The summed E-state index contributed by atoms with van der Waals surface area (Å²) < 4.78 is 41.8. The first kappa shape index (κ1) is 10.7. The lowest BCUT2D eigenvalue weighted by Crippen LogP contribution is -2.07. The molecular formula is C10H6F3NO2. The van der Waals surface area contributed by atoms with Gasteiger partial charge in [-0.15, -0.1) is 0 Å². The van der Waals surface area contributed by atoms with E-state index in [2.05, 4.69) is 9.40 Å². The number of aryl methyl sites for hydroxylation is 1. The van der Waals surface area contributed by atoms with Gasteiger partial charge in [0.1, 0.15) is 0 Å². The van der Waals surface area contributed by atoms with Crippen molar-refractivity contribution in [1.29, 1.82) is 0 Å². The van der Waals surface area contributed by atoms with Gasteiger partial charge in [0.15, 0.2) is 5.89 Å². The summed E-state index contributed by atoms with van der Waals surface area (Å²) in [5.41, 5.74) is -1.53. The summed E-state index contributed by atoms with van der Waals surface area (Å²) in [5.74, 6) is 0.0387. The minimum absolute atomic E-state index is 0.0106. The predicted octanol–water partition coefficient (Wildman–Crippen LogP) is 2.52. The maximum atomic E-state index is 12.4. The van der Waals surface area contributed by atoms with Gasteiger partial charge in [-0.25, -0.2) is 9.78 Å². The standard InChI is InChI=1S/C10H6F3NO2/c1-5-14-8-4-6(10(11,12)13)2-3-7(8)9(15)16-5/h2-4H,1H3. The van der Waals surface area contributed by atoms with E-state index < -0.39 is 17.4 Å². The molecule has 0 aliphatic heterocycles. The Labute approximate surface area is 87.5 Å². The van der Waals surface area contributed by atoms with Crippen LogP contribution < -0.4 is 5.63 Å². The van der Waals surface area contributed by atoms with Crippen molar-refractivity contribution in [2.24, 2.45) is 0 Å². The molecule has 1 aromatic carbocycles. The van der Waals surface area contributed by atoms with Crippen LogP contribution in [0.15, 0.2) is 27.4 Å². The molecule has 16 heavy (non-hydrogen) atoms. The average Bonchev–Trinajstić information content (AvgIpc) is 2.15. The van der Waals surface area contributed by atoms with Crippen molar-refractivity contribution in [2.75, 3.05) is 0 Å². The Morgan fingerprint density at radius 1 is 1.31 bits per heavy atom. The number of halogens is 3. The largest absolute Gasteiger partial charge is 0.416 e. The Morgan fingerprint density at radius 2 is 2.00 bits per heavy atom. The number of hydrogen-bond donors (Lipinski definition) is 0. The molecule has 84 valence electrons. The molecule has 0 saturated carbocycles. The summed E-state index contributed by atoms with van der Waals surface area (Å²) in [6.45, 7) is 1.40. The minimum Gasteiger partial charge on any atom is -0.408 e. The monoisotopic (exact) mass is 229 g/mol. The second-order valence-corrected chi connectivity index (χ2v) is 3.25. The quantitative estimate of drug-likeness (QED) is 0.697. The SMILES string of the molecule is Cc1nc2cc(C(F)(F)F)ccc2c(=O)o1. The molecule has 0 aliphatic carbocycles. The fraction of sp³-hybridized carbons (Fsp3) is 0.200. The topological polar surface area (TPSA) is 43.1 Å². The van der Waals surface area contributed by atoms with Crippen LogP contribution in [0.5, 0.6) is 0 Å². The lowest BCUT2D eigenvalue weighted by atomic mass is 10.1. The molecule has 1 heterocycles. The number of rotatable bonds is 0. The predicted molar refractivity (Wildman–Crippen MR) is 50.0 cm³/mol. The molecule has 0 aliphatic rings. The van der Waals surface area contributed by atoms with Crippen LogP contribution in [-0.2, 0) is 6.18 Å². The molecule has 0 radical (unpaired) electrons. The molecule has 0 saturated heterocycles. The molecule has 0 unspecified atom stereocenters. The number of benzene rings is 1. The zero-order valence-corrected chi connectivity index (χ0v) is 8.13. The zero-order valence-electron chi connectivity index (χ0n) is 8.13.